The van der Waals surface area contributed by atoms with Gasteiger partial charge in [0.05, 0.1) is 13.0 Å². The molecule has 0 radical (unpaired) electrons. The van der Waals surface area contributed by atoms with Gasteiger partial charge in [-0.1, -0.05) is 29.8 Å². The zero-order valence-electron chi connectivity index (χ0n) is 13.8. The molecular formula is C18H25N3O2. The Morgan fingerprint density at radius 1 is 1.17 bits per heavy atom. The average molecular weight is 315 g/mol. The van der Waals surface area contributed by atoms with Gasteiger partial charge in [-0.3, -0.25) is 14.5 Å². The van der Waals surface area contributed by atoms with Crippen LogP contribution in [-0.2, 0) is 16.0 Å². The number of hydrogen-bond acceptors (Lipinski definition) is 3. The van der Waals surface area contributed by atoms with Crippen LogP contribution >= 0.6 is 0 Å². The van der Waals surface area contributed by atoms with E-state index in [1.54, 1.807) is 0 Å². The smallest absolute Gasteiger partial charge is 0.234 e. The van der Waals surface area contributed by atoms with Crippen LogP contribution in [0.2, 0.25) is 0 Å². The van der Waals surface area contributed by atoms with E-state index in [2.05, 4.69) is 16.3 Å². The number of rotatable bonds is 5. The Morgan fingerprint density at radius 3 is 2.57 bits per heavy atom. The van der Waals surface area contributed by atoms with Gasteiger partial charge >= 0.3 is 0 Å². The van der Waals surface area contributed by atoms with Crippen molar-refractivity contribution in [3.8, 4) is 0 Å². The lowest BCUT2D eigenvalue weighted by atomic mass is 10.1. The molecule has 0 spiro atoms. The van der Waals surface area contributed by atoms with E-state index in [9.17, 15) is 9.59 Å². The van der Waals surface area contributed by atoms with E-state index in [0.717, 1.165) is 31.5 Å². The number of benzene rings is 1. The number of piperazine rings is 1. The monoisotopic (exact) mass is 315 g/mol. The van der Waals surface area contributed by atoms with Crippen LogP contribution < -0.4 is 5.32 Å². The third kappa shape index (κ3) is 4.79. The summed E-state index contributed by atoms with van der Waals surface area (Å²) in [4.78, 5) is 28.3. The number of aryl methyl sites for hydroxylation is 1. The first kappa shape index (κ1) is 16.0. The Morgan fingerprint density at radius 2 is 1.91 bits per heavy atom. The summed E-state index contributed by atoms with van der Waals surface area (Å²) in [5.74, 6) is 0.296. The molecule has 1 saturated heterocycles. The lowest BCUT2D eigenvalue weighted by Crippen LogP contribution is -2.51. The maximum atomic E-state index is 12.4. The van der Waals surface area contributed by atoms with E-state index >= 15 is 0 Å². The summed E-state index contributed by atoms with van der Waals surface area (Å²) >= 11 is 0. The van der Waals surface area contributed by atoms with Crippen molar-refractivity contribution >= 4 is 11.8 Å². The van der Waals surface area contributed by atoms with Crippen molar-refractivity contribution in [2.45, 2.75) is 32.2 Å². The lowest BCUT2D eigenvalue weighted by Gasteiger charge is -2.34. The van der Waals surface area contributed by atoms with Gasteiger partial charge in [-0.15, -0.1) is 0 Å². The molecule has 2 amide bonds. The van der Waals surface area contributed by atoms with Gasteiger partial charge in [0, 0.05) is 32.2 Å². The first-order chi connectivity index (χ1) is 11.1. The van der Waals surface area contributed by atoms with Crippen LogP contribution in [0.15, 0.2) is 24.3 Å². The van der Waals surface area contributed by atoms with Gasteiger partial charge in [-0.2, -0.15) is 0 Å². The minimum absolute atomic E-state index is 0.118. The Hall–Kier alpha value is -1.88. The van der Waals surface area contributed by atoms with Crippen molar-refractivity contribution in [2.75, 3.05) is 32.7 Å². The summed E-state index contributed by atoms with van der Waals surface area (Å²) in [7, 11) is 0. The summed E-state index contributed by atoms with van der Waals surface area (Å²) < 4.78 is 0. The van der Waals surface area contributed by atoms with Crippen LogP contribution in [0.3, 0.4) is 0 Å². The maximum Gasteiger partial charge on any atom is 0.234 e. The Kier molecular flexibility index (Phi) is 4.96. The Bertz CT molecular complexity index is 575. The van der Waals surface area contributed by atoms with Crippen LogP contribution in [0.25, 0.3) is 0 Å². The molecule has 0 bridgehead atoms. The number of nitrogens with one attached hydrogen (secondary N) is 1. The van der Waals surface area contributed by atoms with Gasteiger partial charge in [0.2, 0.25) is 11.8 Å². The topological polar surface area (TPSA) is 52.7 Å². The Balaban J connectivity index is 1.42. The van der Waals surface area contributed by atoms with Crippen molar-refractivity contribution < 1.29 is 9.59 Å². The highest BCUT2D eigenvalue weighted by Crippen LogP contribution is 2.18. The molecule has 1 aliphatic carbocycles. The molecule has 5 heteroatoms. The van der Waals surface area contributed by atoms with Crippen molar-refractivity contribution in [1.29, 1.82) is 0 Å². The SMILES string of the molecule is Cc1cccc(CC(=O)N2CCN(CC(=O)NC3CC3)CC2)c1. The molecule has 1 aromatic carbocycles. The van der Waals surface area contributed by atoms with Gasteiger partial charge in [0.15, 0.2) is 0 Å². The fourth-order valence-electron chi connectivity index (χ4n) is 2.97. The van der Waals surface area contributed by atoms with Gasteiger partial charge < -0.3 is 10.2 Å². The summed E-state index contributed by atoms with van der Waals surface area (Å²) in [5, 5.41) is 3.01. The largest absolute Gasteiger partial charge is 0.352 e. The number of carbonyl (C=O) groups is 2. The average Bonchev–Trinajstić information content (AvgIpc) is 3.31. The third-order valence-corrected chi connectivity index (χ3v) is 4.47. The molecule has 0 atom stereocenters. The van der Waals surface area contributed by atoms with Crippen LogP contribution in [0.1, 0.15) is 24.0 Å². The predicted octanol–water partition coefficient (Wildman–Crippen LogP) is 0.960. The molecule has 1 N–H and O–H groups in total. The second-order valence-corrected chi connectivity index (χ2v) is 6.66. The molecule has 5 nitrogen and oxygen atoms in total. The van der Waals surface area contributed by atoms with Crippen LogP contribution in [0.5, 0.6) is 0 Å². The molecule has 3 rings (SSSR count). The number of carbonyl (C=O) groups excluding carboxylic acids is 2. The second kappa shape index (κ2) is 7.13. The van der Waals surface area contributed by atoms with Gasteiger partial charge in [0.25, 0.3) is 0 Å². The number of nitrogens with zero attached hydrogens (tertiary/aromatic N) is 2. The zero-order chi connectivity index (χ0) is 16.2. The maximum absolute atomic E-state index is 12.4. The summed E-state index contributed by atoms with van der Waals surface area (Å²) in [5.41, 5.74) is 2.25. The van der Waals surface area contributed by atoms with Crippen molar-refractivity contribution in [2.24, 2.45) is 0 Å². The van der Waals surface area contributed by atoms with Crippen LogP contribution in [-0.4, -0.2) is 60.4 Å². The van der Waals surface area contributed by atoms with E-state index in [4.69, 9.17) is 0 Å². The van der Waals surface area contributed by atoms with Crippen molar-refractivity contribution in [3.63, 3.8) is 0 Å². The quantitative estimate of drug-likeness (QED) is 0.880. The molecule has 2 aliphatic rings. The van der Waals surface area contributed by atoms with Gasteiger partial charge in [0.1, 0.15) is 0 Å². The molecule has 23 heavy (non-hydrogen) atoms. The normalized spacial score (nSPS) is 18.7. The van der Waals surface area contributed by atoms with Crippen molar-refractivity contribution in [1.82, 2.24) is 15.1 Å². The highest BCUT2D eigenvalue weighted by molar-refractivity contribution is 5.79. The van der Waals surface area contributed by atoms with E-state index in [0.29, 0.717) is 32.1 Å². The lowest BCUT2D eigenvalue weighted by molar-refractivity contribution is -0.132. The van der Waals surface area contributed by atoms with Gasteiger partial charge in [-0.05, 0) is 25.3 Å². The van der Waals surface area contributed by atoms with E-state index in [1.165, 1.54) is 5.56 Å². The first-order valence-corrected chi connectivity index (χ1v) is 8.45. The van der Waals surface area contributed by atoms with E-state index in [-0.39, 0.29) is 11.8 Å². The number of hydrogen-bond donors (Lipinski definition) is 1. The Labute approximate surface area is 137 Å². The first-order valence-electron chi connectivity index (χ1n) is 8.45. The zero-order valence-corrected chi connectivity index (χ0v) is 13.8. The summed E-state index contributed by atoms with van der Waals surface area (Å²) in [6.07, 6.45) is 2.70. The van der Waals surface area contributed by atoms with Crippen molar-refractivity contribution in [3.05, 3.63) is 35.4 Å². The minimum Gasteiger partial charge on any atom is -0.352 e. The van der Waals surface area contributed by atoms with Crippen LogP contribution in [0, 0.1) is 6.92 Å². The molecule has 1 saturated carbocycles. The summed E-state index contributed by atoms with van der Waals surface area (Å²) in [6.45, 7) is 5.47. The molecule has 1 aliphatic heterocycles. The molecule has 0 aromatic heterocycles. The highest BCUT2D eigenvalue weighted by atomic mass is 16.2. The molecule has 0 unspecified atom stereocenters. The second-order valence-electron chi connectivity index (χ2n) is 6.66. The molecular weight excluding hydrogens is 290 g/mol. The third-order valence-electron chi connectivity index (χ3n) is 4.47. The van der Waals surface area contributed by atoms with E-state index in [1.807, 2.05) is 30.0 Å². The molecule has 2 fully saturated rings. The fraction of sp³-hybridized carbons (Fsp3) is 0.556. The predicted molar refractivity (Wildman–Crippen MR) is 89.1 cm³/mol. The van der Waals surface area contributed by atoms with E-state index < -0.39 is 0 Å². The van der Waals surface area contributed by atoms with Gasteiger partial charge in [-0.25, -0.2) is 0 Å². The number of amides is 2. The highest BCUT2D eigenvalue weighted by Gasteiger charge is 2.26. The standard InChI is InChI=1S/C18H25N3O2/c1-14-3-2-4-15(11-14)12-18(23)21-9-7-20(8-10-21)13-17(22)19-16-5-6-16/h2-4,11,16H,5-10,12-13H2,1H3,(H,19,22). The molecule has 124 valence electrons. The minimum atomic E-state index is 0.118. The molecule has 1 heterocycles. The molecule has 1 aromatic rings. The summed E-state index contributed by atoms with van der Waals surface area (Å²) in [6, 6.07) is 8.52. The van der Waals surface area contributed by atoms with Crippen LogP contribution in [0.4, 0.5) is 0 Å². The fourth-order valence-corrected chi connectivity index (χ4v) is 2.97.